The Balaban J connectivity index is 0.00000441. The van der Waals surface area contributed by atoms with Crippen molar-refractivity contribution in [1.29, 1.82) is 0 Å². The van der Waals surface area contributed by atoms with E-state index in [9.17, 15) is 48.5 Å². The van der Waals surface area contributed by atoms with Crippen molar-refractivity contribution >= 4 is 16.1 Å². The predicted octanol–water partition coefficient (Wildman–Crippen LogP) is -1.38. The van der Waals surface area contributed by atoms with Crippen LogP contribution < -0.4 is 34.3 Å². The third-order valence-corrected chi connectivity index (χ3v) is 2.72. The fraction of sp³-hybridized carbons (Fsp3) is 0.125. The number of halogens is 7. The van der Waals surface area contributed by atoms with Gasteiger partial charge in [-0.1, -0.05) is 0 Å². The molecule has 0 atom stereocenters. The molecule has 0 radical (unpaired) electrons. The number of hydrogen-bond donors (Lipinski definition) is 0. The van der Waals surface area contributed by atoms with Crippen molar-refractivity contribution in [3.8, 4) is 5.75 Å². The molecule has 0 amide bonds. The summed E-state index contributed by atoms with van der Waals surface area (Å²) in [5.41, 5.74) is 0. The van der Waals surface area contributed by atoms with E-state index in [1.54, 1.807) is 0 Å². The number of hydrogen-bond acceptors (Lipinski definition) is 5. The normalized spacial score (nSPS) is 11.8. The number of carbonyl (C=O) groups is 1. The number of benzene rings is 1. The van der Waals surface area contributed by atoms with Crippen LogP contribution in [-0.4, -0.2) is 25.1 Å². The van der Waals surface area contributed by atoms with Crippen LogP contribution in [0.25, 0.3) is 0 Å². The molecule has 0 unspecified atom stereocenters. The van der Waals surface area contributed by atoms with Gasteiger partial charge in [0.2, 0.25) is 17.4 Å². The van der Waals surface area contributed by atoms with E-state index in [2.05, 4.69) is 4.74 Å². The van der Waals surface area contributed by atoms with Crippen LogP contribution >= 0.6 is 0 Å². The molecule has 0 saturated carbocycles. The molecular formula is C8F7NaO5S. The molecule has 0 fully saturated rings. The van der Waals surface area contributed by atoms with Crippen LogP contribution in [0, 0.1) is 23.3 Å². The first kappa shape index (κ1) is 21.1. The minimum atomic E-state index is -6.03. The first-order chi connectivity index (χ1) is 9.28. The maximum absolute atomic E-state index is 13.2. The molecule has 5 nitrogen and oxygen atoms in total. The van der Waals surface area contributed by atoms with E-state index < -0.39 is 56.2 Å². The number of rotatable bonds is 2. The zero-order valence-electron chi connectivity index (χ0n) is 10.1. The van der Waals surface area contributed by atoms with Gasteiger partial charge in [0.05, 0.1) is 0 Å². The second-order valence-corrected chi connectivity index (χ2v) is 4.57. The van der Waals surface area contributed by atoms with E-state index in [1.165, 1.54) is 0 Å². The van der Waals surface area contributed by atoms with Gasteiger partial charge in [-0.2, -0.15) is 22.0 Å². The Morgan fingerprint density at radius 2 is 1.32 bits per heavy atom. The monoisotopic (exact) mass is 364 g/mol. The van der Waals surface area contributed by atoms with Crippen molar-refractivity contribution in [2.24, 2.45) is 0 Å². The molecule has 1 aromatic rings. The first-order valence-electron chi connectivity index (χ1n) is 4.39. The molecule has 14 heteroatoms. The second-order valence-electron chi connectivity index (χ2n) is 3.26. The van der Waals surface area contributed by atoms with Gasteiger partial charge in [-0.05, 0) is 0 Å². The molecule has 0 heterocycles. The Morgan fingerprint density at radius 1 is 0.955 bits per heavy atom. The Kier molecular flexibility index (Phi) is 6.43. The van der Waals surface area contributed by atoms with Gasteiger partial charge in [0.1, 0.15) is 15.0 Å². The smallest absolute Gasteiger partial charge is 0.744 e. The largest absolute Gasteiger partial charge is 1.00 e. The maximum atomic E-state index is 13.2. The van der Waals surface area contributed by atoms with E-state index >= 15 is 0 Å². The molecule has 0 spiro atoms. The quantitative estimate of drug-likeness (QED) is 0.161. The minimum Gasteiger partial charge on any atom is -0.744 e. The van der Waals surface area contributed by atoms with Crippen LogP contribution in [0.15, 0.2) is 4.90 Å². The van der Waals surface area contributed by atoms with Crippen molar-refractivity contribution in [2.75, 3.05) is 0 Å². The van der Waals surface area contributed by atoms with Gasteiger partial charge in [-0.15, -0.1) is 0 Å². The van der Waals surface area contributed by atoms with Crippen molar-refractivity contribution < 1.29 is 82.8 Å². The van der Waals surface area contributed by atoms with Gasteiger partial charge < -0.3 is 9.29 Å². The summed E-state index contributed by atoms with van der Waals surface area (Å²) in [6.07, 6.45) is -5.75. The Morgan fingerprint density at radius 3 is 1.59 bits per heavy atom. The number of alkyl halides is 3. The summed E-state index contributed by atoms with van der Waals surface area (Å²) >= 11 is 0. The average Bonchev–Trinajstić information content (AvgIpc) is 2.29. The summed E-state index contributed by atoms with van der Waals surface area (Å²) in [4.78, 5) is 7.74. The third-order valence-electron chi connectivity index (χ3n) is 1.86. The number of ether oxygens (including phenoxy) is 1. The summed E-state index contributed by atoms with van der Waals surface area (Å²) in [6.45, 7) is 0. The Labute approximate surface area is 139 Å². The van der Waals surface area contributed by atoms with Crippen molar-refractivity contribution in [3.63, 3.8) is 0 Å². The van der Waals surface area contributed by atoms with Gasteiger partial charge in [0.15, 0.2) is 11.6 Å². The summed E-state index contributed by atoms with van der Waals surface area (Å²) in [7, 11) is -6.03. The first-order valence-corrected chi connectivity index (χ1v) is 5.80. The van der Waals surface area contributed by atoms with Crippen LogP contribution in [0.4, 0.5) is 30.7 Å². The average molecular weight is 364 g/mol. The molecule has 0 bridgehead atoms. The standard InChI is InChI=1S/C8HF7O5S.Na/c9-1-3(11)6(21(17,18)19)4(12)2(10)5(1)20-7(16)8(13,14)15;/h(H,17,18,19);/q;+1/p-1. The predicted molar refractivity (Wildman–Crippen MR) is 45.9 cm³/mol. The zero-order valence-corrected chi connectivity index (χ0v) is 12.9. The fourth-order valence-corrected chi connectivity index (χ4v) is 1.67. The second kappa shape index (κ2) is 6.70. The van der Waals surface area contributed by atoms with Crippen LogP contribution in [-0.2, 0) is 14.9 Å². The number of esters is 1. The Hall–Kier alpha value is -0.890. The summed E-state index contributed by atoms with van der Waals surface area (Å²) < 4.78 is 122. The summed E-state index contributed by atoms with van der Waals surface area (Å²) in [5, 5.41) is 0. The third kappa shape index (κ3) is 4.10. The van der Waals surface area contributed by atoms with Crippen molar-refractivity contribution in [1.82, 2.24) is 0 Å². The van der Waals surface area contributed by atoms with Crippen LogP contribution in [0.3, 0.4) is 0 Å². The molecular weight excluding hydrogens is 364 g/mol. The van der Waals surface area contributed by atoms with E-state index in [1.807, 2.05) is 0 Å². The van der Waals surface area contributed by atoms with E-state index in [4.69, 9.17) is 0 Å². The van der Waals surface area contributed by atoms with E-state index in [-0.39, 0.29) is 29.6 Å². The van der Waals surface area contributed by atoms with Crippen LogP contribution in [0.1, 0.15) is 0 Å². The molecule has 0 aliphatic heterocycles. The van der Waals surface area contributed by atoms with Gasteiger partial charge in [-0.3, -0.25) is 0 Å². The molecule has 0 aliphatic carbocycles. The van der Waals surface area contributed by atoms with Crippen LogP contribution in [0.2, 0.25) is 0 Å². The molecule has 1 rings (SSSR count). The molecule has 22 heavy (non-hydrogen) atoms. The van der Waals surface area contributed by atoms with Crippen LogP contribution in [0.5, 0.6) is 5.75 Å². The molecule has 1 aromatic carbocycles. The molecule has 0 N–H and O–H groups in total. The van der Waals surface area contributed by atoms with Crippen molar-refractivity contribution in [3.05, 3.63) is 23.3 Å². The summed E-state index contributed by atoms with van der Waals surface area (Å²) in [6, 6.07) is 0. The topological polar surface area (TPSA) is 83.5 Å². The summed E-state index contributed by atoms with van der Waals surface area (Å²) in [5.74, 6) is -16.9. The van der Waals surface area contributed by atoms with E-state index in [0.717, 1.165) is 0 Å². The minimum absolute atomic E-state index is 0. The van der Waals surface area contributed by atoms with Gasteiger partial charge in [0.25, 0.3) is 0 Å². The van der Waals surface area contributed by atoms with E-state index in [0.29, 0.717) is 0 Å². The number of carbonyl (C=O) groups excluding carboxylic acids is 1. The zero-order chi connectivity index (χ0) is 16.7. The Bertz CT molecular complexity index is 686. The van der Waals surface area contributed by atoms with Crippen molar-refractivity contribution in [2.45, 2.75) is 11.1 Å². The maximum Gasteiger partial charge on any atom is 1.00 e. The van der Waals surface area contributed by atoms with Gasteiger partial charge >= 0.3 is 41.7 Å². The fourth-order valence-electron chi connectivity index (χ4n) is 1.05. The molecule has 0 aliphatic rings. The molecule has 0 aromatic heterocycles. The molecule has 118 valence electrons. The van der Waals surface area contributed by atoms with Gasteiger partial charge in [-0.25, -0.2) is 22.0 Å². The SMILES string of the molecule is O=C(Oc1c(F)c(F)c(S(=O)(=O)[O-])c(F)c1F)C(F)(F)F.[Na+]. The molecule has 0 saturated heterocycles. The van der Waals surface area contributed by atoms with Gasteiger partial charge in [0, 0.05) is 0 Å².